The number of hydrogen-bond donors (Lipinski definition) is 24. The van der Waals surface area contributed by atoms with Gasteiger partial charge in [0.1, 0.15) is 127 Å². The number of nitrogens with zero attached hydrogens (tertiary/aromatic N) is 3. The number of para-hydroxylation sites is 1. The van der Waals surface area contributed by atoms with Crippen molar-refractivity contribution in [3.63, 3.8) is 0 Å². The normalized spacial score (nSPS) is 18.3. The predicted molar refractivity (Wildman–Crippen MR) is 541 cm³/mol. The van der Waals surface area contributed by atoms with Crippen LogP contribution in [0.3, 0.4) is 0 Å². The van der Waals surface area contributed by atoms with E-state index in [-0.39, 0.29) is 94.8 Å². The summed E-state index contributed by atoms with van der Waals surface area (Å²) in [6, 6.07) is -6.39. The number of aromatic hydroxyl groups is 1. The molecule has 810 valence electrons. The fourth-order valence-corrected chi connectivity index (χ4v) is 17.6. The first-order chi connectivity index (χ1) is 69.2. The van der Waals surface area contributed by atoms with Crippen LogP contribution < -0.4 is 90.8 Å². The van der Waals surface area contributed by atoms with Crippen molar-refractivity contribution in [3.8, 4) is 5.75 Å². The van der Waals surface area contributed by atoms with Crippen molar-refractivity contribution in [1.82, 2.24) is 105 Å². The molecule has 147 heavy (non-hydrogen) atoms. The molecule has 0 saturated carbocycles. The number of aliphatic carboxylic acids is 1. The number of fused-ring (bicyclic) bond motifs is 1. The van der Waals surface area contributed by atoms with Gasteiger partial charge in [0.15, 0.2) is 0 Å². The Labute approximate surface area is 859 Å². The van der Waals surface area contributed by atoms with Gasteiger partial charge in [0.25, 0.3) is 0 Å². The van der Waals surface area contributed by atoms with Crippen molar-refractivity contribution < 1.29 is 121 Å². The number of phenolic OH excluding ortho intramolecular Hbond substituents is 1. The number of nitrogens with one attached hydrogen (secondary N) is 17. The first-order valence-electron chi connectivity index (χ1n) is 49.9. The number of likely N-dealkylation sites (tertiary alicyclic amines) is 3. The number of phenols is 1. The molecular weight excluding hydrogens is 1930 g/mol. The molecule has 3 saturated heterocycles. The third-order valence-electron chi connectivity index (χ3n) is 25.9. The van der Waals surface area contributed by atoms with E-state index < -0.39 is 288 Å². The number of carbonyl (C=O) groups excluding carboxylic acids is 19. The summed E-state index contributed by atoms with van der Waals surface area (Å²) in [4.78, 5) is 288. The lowest BCUT2D eigenvalue weighted by molar-refractivity contribution is -0.145. The number of nitrogens with two attached hydrogens (primary N) is 1. The van der Waals surface area contributed by atoms with E-state index in [0.717, 1.165) is 4.90 Å². The molecule has 3 aromatic carbocycles. The zero-order valence-corrected chi connectivity index (χ0v) is 87.1. The summed E-state index contributed by atoms with van der Waals surface area (Å²) < 4.78 is 0. The molecule has 19 amide bonds. The van der Waals surface area contributed by atoms with Crippen LogP contribution in [0.1, 0.15) is 179 Å². The minimum Gasteiger partial charge on any atom is -0.508 e. The Hall–Kier alpha value is -13.4. The summed E-state index contributed by atoms with van der Waals surface area (Å²) in [5, 5.41) is 93.5. The second kappa shape index (κ2) is 56.5. The van der Waals surface area contributed by atoms with Crippen LogP contribution in [0, 0.1) is 35.5 Å². The second-order valence-electron chi connectivity index (χ2n) is 40.0. The number of H-pyrrole nitrogens is 1. The molecule has 46 nitrogen and oxygen atoms in total. The molecule has 3 fully saturated rings. The van der Waals surface area contributed by atoms with E-state index in [2.05, 4.69) is 103 Å². The van der Waals surface area contributed by atoms with Gasteiger partial charge in [-0.25, -0.2) is 4.79 Å². The summed E-state index contributed by atoms with van der Waals surface area (Å²) in [6.07, 6.45) is 0.558. The number of aliphatic hydroxyl groups is 3. The topological polar surface area (TPSA) is 687 Å². The molecule has 7 rings (SSSR count). The summed E-state index contributed by atoms with van der Waals surface area (Å²) in [6.45, 7) is 24.5. The number of aliphatic hydroxyl groups excluding tert-OH is 3. The molecule has 47 heteroatoms. The monoisotopic (exact) mass is 2080 g/mol. The van der Waals surface area contributed by atoms with Gasteiger partial charge < -0.3 is 136 Å². The minimum atomic E-state index is -1.78. The average molecular weight is 2080 g/mol. The molecule has 0 aliphatic carbocycles. The van der Waals surface area contributed by atoms with Gasteiger partial charge >= 0.3 is 5.97 Å². The molecule has 21 atom stereocenters. The van der Waals surface area contributed by atoms with Crippen molar-refractivity contribution in [2.75, 3.05) is 38.6 Å². The van der Waals surface area contributed by atoms with Gasteiger partial charge in [-0.2, -0.15) is 12.6 Å². The van der Waals surface area contributed by atoms with Crippen LogP contribution in [-0.4, -0.2) is 329 Å². The highest BCUT2D eigenvalue weighted by atomic mass is 32.1. The van der Waals surface area contributed by atoms with Gasteiger partial charge in [-0.3, -0.25) is 91.1 Å². The van der Waals surface area contributed by atoms with Crippen LogP contribution in [0.15, 0.2) is 85.1 Å². The van der Waals surface area contributed by atoms with Crippen LogP contribution >= 0.6 is 12.6 Å². The van der Waals surface area contributed by atoms with Crippen LogP contribution in [0.25, 0.3) is 10.9 Å². The first-order valence-corrected chi connectivity index (χ1v) is 50.5. The predicted octanol–water partition coefficient (Wildman–Crippen LogP) is -3.26. The molecule has 1 aromatic heterocycles. The van der Waals surface area contributed by atoms with Gasteiger partial charge in [0.05, 0.1) is 19.3 Å². The highest BCUT2D eigenvalue weighted by Crippen LogP contribution is 2.27. The number of aromatic amines is 1. The molecule has 0 spiro atoms. The maximum Gasteiger partial charge on any atom is 0.326 e. The van der Waals surface area contributed by atoms with E-state index in [4.69, 9.17) is 5.73 Å². The lowest BCUT2D eigenvalue weighted by Crippen LogP contribution is -2.63. The Bertz CT molecular complexity index is 5300. The Morgan fingerprint density at radius 3 is 1.16 bits per heavy atom. The third-order valence-corrected chi connectivity index (χ3v) is 26.3. The minimum absolute atomic E-state index is 0.00841. The summed E-state index contributed by atoms with van der Waals surface area (Å²) in [5.74, 6) is -21.3. The highest BCUT2D eigenvalue weighted by molar-refractivity contribution is 7.80. The zero-order chi connectivity index (χ0) is 110. The first kappa shape index (κ1) is 121. The third kappa shape index (κ3) is 34.3. The molecule has 4 aromatic rings. The van der Waals surface area contributed by atoms with Crippen LogP contribution in [0.5, 0.6) is 5.75 Å². The van der Waals surface area contributed by atoms with E-state index in [0.29, 0.717) is 34.0 Å². The number of rotatable bonds is 53. The molecule has 0 unspecified atom stereocenters. The number of carbonyl (C=O) groups is 20. The standard InChI is InChI=1S/C100H149N21O25S/c1-48(2)40-66(84(129)109-67(42-60-33-35-62(125)36-34-60)86(131)114-77(51(7)8)95(140)117-79(53(11)12)100(145)146)107-82(127)55(14)104-92(137)75(49(3)4)113-87(132)68(41-59-26-19-18-20-27-59)110-93(138)76(50(5)6)115-94(139)78(52(9)10)116-96(141)80(58(17)124)118-91(136)74-32-24-38-120(74)98(143)57(16)106-90(135)73-31-25-39-121(73)99(144)70(46-123)111-85(130)69(43-61-44-102-65-29-22-21-28-63(61)65)108-81(126)54(13)103-89(134)72-30-23-37-119(72)97(142)56(15)105-88(133)71(47-147)112-83(128)64(101)45-122/h18-22,26-29,33-36,44,48-58,64,66-80,102,122-125,147H,23-25,30-32,37-43,45-47,101H2,1-17H3,(H,103,134)(H,104,137)(H,105,133)(H,106,135)(H,107,127)(H,108,126)(H,109,129)(H,110,138)(H,111,130)(H,112,128)(H,113,132)(H,114,131)(H,115,139)(H,116,141)(H,117,140)(H,118,136)(H,145,146)/t54-,55-,56-,57-,58+,64-,66-,67-,68-,69-,70-,71-,72-,73-,74-,75-,76-,77-,78-,79-,80-/m0/s1. The zero-order valence-electron chi connectivity index (χ0n) is 86.3. The van der Waals surface area contributed by atoms with Gasteiger partial charge in [0.2, 0.25) is 112 Å². The molecule has 24 N–H and O–H groups in total. The van der Waals surface area contributed by atoms with Crippen LogP contribution in [0.4, 0.5) is 0 Å². The molecule has 0 radical (unpaired) electrons. The lowest BCUT2D eigenvalue weighted by Gasteiger charge is -2.32. The van der Waals surface area contributed by atoms with Crippen molar-refractivity contribution in [2.45, 2.75) is 309 Å². The van der Waals surface area contributed by atoms with E-state index >= 15 is 0 Å². The van der Waals surface area contributed by atoms with Crippen molar-refractivity contribution in [2.24, 2.45) is 41.2 Å². The van der Waals surface area contributed by atoms with Gasteiger partial charge in [-0.1, -0.05) is 144 Å². The Kier molecular flexibility index (Phi) is 46.3. The van der Waals surface area contributed by atoms with Crippen molar-refractivity contribution in [1.29, 1.82) is 0 Å². The van der Waals surface area contributed by atoms with E-state index in [1.165, 1.54) is 68.7 Å². The SMILES string of the molecule is CC(C)C[C@H](NC(=O)[C@H](C)NC(=O)[C@@H](NC(=O)[C@H](Cc1ccccc1)NC(=O)[C@@H](NC(=O)[C@@H](NC(=O)[C@@H](NC(=O)[C@@H]1CCCN1C(=O)[C@H](C)NC(=O)[C@@H]1CCCN1C(=O)[C@H](CO)NC(=O)[C@H](Cc1c[nH]c2ccccc12)NC(=O)[C@H](C)NC(=O)[C@@H]1CCCN1C(=O)[C@H](C)NC(=O)[C@H](CS)NC(=O)[C@@H](N)CO)[C@@H](C)O)C(C)C)C(C)C)C(C)C)C(=O)N[C@@H](Cc1ccc(O)cc1)C(=O)N[C@H](C(=O)N[C@H](C(=O)O)C(C)C)C(C)C. The van der Waals surface area contributed by atoms with Crippen LogP contribution in [0.2, 0.25) is 0 Å². The molecule has 3 aliphatic heterocycles. The number of thiol groups is 1. The highest BCUT2D eigenvalue weighted by Gasteiger charge is 2.46. The largest absolute Gasteiger partial charge is 0.508 e. The molecule has 3 aliphatic rings. The van der Waals surface area contributed by atoms with E-state index in [1.807, 2.05) is 0 Å². The average Bonchev–Trinajstić information content (AvgIpc) is 1.14. The number of hydrogen-bond acceptors (Lipinski definition) is 26. The Balaban J connectivity index is 0.962. The molecule has 4 heterocycles. The van der Waals surface area contributed by atoms with Crippen molar-refractivity contribution >= 4 is 142 Å². The Morgan fingerprint density at radius 2 is 0.707 bits per heavy atom. The summed E-state index contributed by atoms with van der Waals surface area (Å²) in [7, 11) is 0. The van der Waals surface area contributed by atoms with Gasteiger partial charge in [-0.15, -0.1) is 0 Å². The lowest BCUT2D eigenvalue weighted by atomic mass is 9.97. The summed E-state index contributed by atoms with van der Waals surface area (Å²) in [5.41, 5.74) is 7.81. The maximum absolute atomic E-state index is 14.8. The number of carboxylic acids is 1. The maximum atomic E-state index is 14.8. The summed E-state index contributed by atoms with van der Waals surface area (Å²) >= 11 is 4.12. The second-order valence-corrected chi connectivity index (χ2v) is 40.3. The van der Waals surface area contributed by atoms with Crippen molar-refractivity contribution in [3.05, 3.63) is 102 Å². The number of amides is 19. The fraction of sp³-hybridized carbons (Fsp3) is 0.600. The van der Waals surface area contributed by atoms with Gasteiger partial charge in [0, 0.05) is 61.7 Å². The fourth-order valence-electron chi connectivity index (χ4n) is 17.4. The number of aromatic nitrogens is 1. The van der Waals surface area contributed by atoms with E-state index in [9.17, 15) is 121 Å². The molecule has 0 bridgehead atoms. The number of carboxylic acid groups (broad SMARTS) is 1. The Morgan fingerprint density at radius 1 is 0.361 bits per heavy atom. The van der Waals surface area contributed by atoms with Crippen LogP contribution in [-0.2, 0) is 115 Å². The number of benzene rings is 3. The smallest absolute Gasteiger partial charge is 0.326 e. The quantitative estimate of drug-likeness (QED) is 0.0193. The van der Waals surface area contributed by atoms with Gasteiger partial charge in [-0.05, 0) is 150 Å². The van der Waals surface area contributed by atoms with E-state index in [1.54, 1.807) is 144 Å². The molecular formula is C100H149N21O25S.